The Morgan fingerprint density at radius 1 is 1.54 bits per heavy atom. The summed E-state index contributed by atoms with van der Waals surface area (Å²) < 4.78 is 4.49. The summed E-state index contributed by atoms with van der Waals surface area (Å²) in [6, 6.07) is 7.53. The van der Waals surface area contributed by atoms with Crippen LogP contribution in [-0.2, 0) is 10.1 Å². The van der Waals surface area contributed by atoms with Gasteiger partial charge in [0.1, 0.15) is 0 Å². The maximum atomic E-state index is 10.9. The van der Waals surface area contributed by atoms with Crippen LogP contribution in [-0.4, -0.2) is 13.2 Å². The number of halogens is 1. The predicted molar refractivity (Wildman–Crippen MR) is 55.1 cm³/mol. The highest BCUT2D eigenvalue weighted by molar-refractivity contribution is 9.08. The lowest BCUT2D eigenvalue weighted by atomic mass is 10.2. The Labute approximate surface area is 85.2 Å². The molecule has 4 heteroatoms. The average molecular weight is 244 g/mol. The zero-order valence-electron chi connectivity index (χ0n) is 7.21. The number of rotatable bonds is 2. The quantitative estimate of drug-likeness (QED) is 0.812. The predicted octanol–water partition coefficient (Wildman–Crippen LogP) is 2.76. The maximum Gasteiger partial charge on any atom is 0.411 e. The monoisotopic (exact) mass is 243 g/mol. The molecule has 0 spiro atoms. The van der Waals surface area contributed by atoms with E-state index in [1.54, 1.807) is 0 Å². The summed E-state index contributed by atoms with van der Waals surface area (Å²) in [7, 11) is 1.34. The van der Waals surface area contributed by atoms with Crippen LogP contribution in [0.4, 0.5) is 10.5 Å². The van der Waals surface area contributed by atoms with Gasteiger partial charge in [-0.1, -0.05) is 34.1 Å². The molecule has 1 rings (SSSR count). The van der Waals surface area contributed by atoms with Crippen LogP contribution >= 0.6 is 15.9 Å². The van der Waals surface area contributed by atoms with Gasteiger partial charge < -0.3 is 4.74 Å². The molecule has 0 heterocycles. The van der Waals surface area contributed by atoms with E-state index in [-0.39, 0.29) is 0 Å². The molecule has 0 radical (unpaired) electrons. The first kappa shape index (κ1) is 10.1. The van der Waals surface area contributed by atoms with E-state index >= 15 is 0 Å². The topological polar surface area (TPSA) is 38.3 Å². The number of para-hydroxylation sites is 1. The van der Waals surface area contributed by atoms with Crippen molar-refractivity contribution in [3.05, 3.63) is 29.8 Å². The van der Waals surface area contributed by atoms with E-state index in [0.717, 1.165) is 11.3 Å². The SMILES string of the molecule is COC(=O)Nc1ccccc1CBr. The highest BCUT2D eigenvalue weighted by Gasteiger charge is 2.03. The zero-order chi connectivity index (χ0) is 9.68. The summed E-state index contributed by atoms with van der Waals surface area (Å²) >= 11 is 3.33. The number of ether oxygens (including phenoxy) is 1. The minimum atomic E-state index is -0.451. The largest absolute Gasteiger partial charge is 0.453 e. The van der Waals surface area contributed by atoms with Crippen molar-refractivity contribution in [2.24, 2.45) is 0 Å². The highest BCUT2D eigenvalue weighted by atomic mass is 79.9. The van der Waals surface area contributed by atoms with Crippen molar-refractivity contribution in [1.29, 1.82) is 0 Å². The molecule has 1 N–H and O–H groups in total. The lowest BCUT2D eigenvalue weighted by molar-refractivity contribution is 0.187. The van der Waals surface area contributed by atoms with Crippen LogP contribution in [0.15, 0.2) is 24.3 Å². The van der Waals surface area contributed by atoms with Gasteiger partial charge in [0, 0.05) is 11.0 Å². The lowest BCUT2D eigenvalue weighted by Crippen LogP contribution is -2.12. The number of hydrogen-bond acceptors (Lipinski definition) is 2. The number of carbonyl (C=O) groups is 1. The summed E-state index contributed by atoms with van der Waals surface area (Å²) in [5.74, 6) is 0. The fraction of sp³-hybridized carbons (Fsp3) is 0.222. The van der Waals surface area contributed by atoms with E-state index in [1.807, 2.05) is 24.3 Å². The van der Waals surface area contributed by atoms with Crippen molar-refractivity contribution < 1.29 is 9.53 Å². The molecule has 3 nitrogen and oxygen atoms in total. The second-order valence-electron chi connectivity index (χ2n) is 2.41. The molecule has 13 heavy (non-hydrogen) atoms. The summed E-state index contributed by atoms with van der Waals surface area (Å²) in [5, 5.41) is 3.32. The molecule has 0 bridgehead atoms. The number of amides is 1. The number of anilines is 1. The van der Waals surface area contributed by atoms with E-state index in [0.29, 0.717) is 5.33 Å². The summed E-state index contributed by atoms with van der Waals surface area (Å²) in [5.41, 5.74) is 1.79. The van der Waals surface area contributed by atoms with Crippen LogP contribution in [0.3, 0.4) is 0 Å². The van der Waals surface area contributed by atoms with Crippen LogP contribution in [0, 0.1) is 0 Å². The smallest absolute Gasteiger partial charge is 0.411 e. The van der Waals surface area contributed by atoms with Crippen LogP contribution in [0.25, 0.3) is 0 Å². The Morgan fingerprint density at radius 2 is 2.23 bits per heavy atom. The Hall–Kier alpha value is -1.03. The summed E-state index contributed by atoms with van der Waals surface area (Å²) in [6.07, 6.45) is -0.451. The number of carbonyl (C=O) groups excluding carboxylic acids is 1. The number of nitrogens with one attached hydrogen (secondary N) is 1. The fourth-order valence-corrected chi connectivity index (χ4v) is 1.41. The van der Waals surface area contributed by atoms with Crippen LogP contribution < -0.4 is 5.32 Å². The molecule has 0 atom stereocenters. The molecule has 0 fully saturated rings. The van der Waals surface area contributed by atoms with Gasteiger partial charge in [-0.2, -0.15) is 0 Å². The number of alkyl halides is 1. The first-order valence-electron chi connectivity index (χ1n) is 3.76. The molecule has 1 amide bonds. The van der Waals surface area contributed by atoms with Crippen molar-refractivity contribution in [3.8, 4) is 0 Å². The van der Waals surface area contributed by atoms with E-state index in [4.69, 9.17) is 0 Å². The summed E-state index contributed by atoms with van der Waals surface area (Å²) in [6.45, 7) is 0. The van der Waals surface area contributed by atoms with Crippen LogP contribution in [0.5, 0.6) is 0 Å². The molecule has 0 aliphatic carbocycles. The highest BCUT2D eigenvalue weighted by Crippen LogP contribution is 2.17. The fourth-order valence-electron chi connectivity index (χ4n) is 0.920. The molecule has 0 unspecified atom stereocenters. The molecule has 1 aromatic carbocycles. The van der Waals surface area contributed by atoms with E-state index in [1.165, 1.54) is 7.11 Å². The third-order valence-electron chi connectivity index (χ3n) is 1.58. The van der Waals surface area contributed by atoms with Crippen molar-refractivity contribution in [3.63, 3.8) is 0 Å². The normalized spacial score (nSPS) is 9.38. The number of benzene rings is 1. The minimum Gasteiger partial charge on any atom is -0.453 e. The standard InChI is InChI=1S/C9H10BrNO2/c1-13-9(12)11-8-5-3-2-4-7(8)6-10/h2-5H,6H2,1H3,(H,11,12). The van der Waals surface area contributed by atoms with Gasteiger partial charge in [-0.05, 0) is 11.6 Å². The van der Waals surface area contributed by atoms with Crippen LogP contribution in [0.1, 0.15) is 5.56 Å². The summed E-state index contributed by atoms with van der Waals surface area (Å²) in [4.78, 5) is 10.9. The third-order valence-corrected chi connectivity index (χ3v) is 2.19. The van der Waals surface area contributed by atoms with E-state index in [9.17, 15) is 4.79 Å². The van der Waals surface area contributed by atoms with Gasteiger partial charge in [-0.25, -0.2) is 4.79 Å². The Balaban J connectivity index is 2.81. The molecular formula is C9H10BrNO2. The van der Waals surface area contributed by atoms with E-state index < -0.39 is 6.09 Å². The number of hydrogen-bond donors (Lipinski definition) is 1. The van der Waals surface area contributed by atoms with Gasteiger partial charge in [-0.3, -0.25) is 5.32 Å². The van der Waals surface area contributed by atoms with Gasteiger partial charge in [0.05, 0.1) is 7.11 Å². The van der Waals surface area contributed by atoms with Gasteiger partial charge in [0.25, 0.3) is 0 Å². The zero-order valence-corrected chi connectivity index (χ0v) is 8.80. The first-order valence-corrected chi connectivity index (χ1v) is 4.89. The van der Waals surface area contributed by atoms with Crippen molar-refractivity contribution in [2.45, 2.75) is 5.33 Å². The van der Waals surface area contributed by atoms with Crippen molar-refractivity contribution >= 4 is 27.7 Å². The lowest BCUT2D eigenvalue weighted by Gasteiger charge is -2.07. The second-order valence-corrected chi connectivity index (χ2v) is 2.97. The molecule has 0 aliphatic heterocycles. The van der Waals surface area contributed by atoms with Gasteiger partial charge >= 0.3 is 6.09 Å². The van der Waals surface area contributed by atoms with Crippen LogP contribution in [0.2, 0.25) is 0 Å². The Kier molecular flexibility index (Phi) is 3.76. The minimum absolute atomic E-state index is 0.451. The third kappa shape index (κ3) is 2.73. The van der Waals surface area contributed by atoms with Gasteiger partial charge in [-0.15, -0.1) is 0 Å². The molecular weight excluding hydrogens is 234 g/mol. The first-order chi connectivity index (χ1) is 6.27. The Morgan fingerprint density at radius 3 is 2.85 bits per heavy atom. The Bertz CT molecular complexity index is 301. The van der Waals surface area contributed by atoms with E-state index in [2.05, 4.69) is 26.0 Å². The van der Waals surface area contributed by atoms with Gasteiger partial charge in [0.15, 0.2) is 0 Å². The average Bonchev–Trinajstić information content (AvgIpc) is 2.18. The molecule has 1 aromatic rings. The molecule has 70 valence electrons. The second kappa shape index (κ2) is 4.87. The molecule has 0 saturated carbocycles. The number of methoxy groups -OCH3 is 1. The molecule has 0 saturated heterocycles. The van der Waals surface area contributed by atoms with Gasteiger partial charge in [0.2, 0.25) is 0 Å². The molecule has 0 aromatic heterocycles. The van der Waals surface area contributed by atoms with Crippen molar-refractivity contribution in [2.75, 3.05) is 12.4 Å². The molecule has 0 aliphatic rings. The van der Waals surface area contributed by atoms with Crippen molar-refractivity contribution in [1.82, 2.24) is 0 Å². The maximum absolute atomic E-state index is 10.9.